The van der Waals surface area contributed by atoms with Gasteiger partial charge in [-0.2, -0.15) is 0 Å². The number of imidazole rings is 1. The number of rotatable bonds is 8. The largest absolute Gasteiger partial charge is 0.346 e. The van der Waals surface area contributed by atoms with Crippen molar-refractivity contribution in [3.05, 3.63) is 71.6 Å². The summed E-state index contributed by atoms with van der Waals surface area (Å²) in [5.74, 6) is 1.22. The highest BCUT2D eigenvalue weighted by atomic mass is 16.2. The average Bonchev–Trinajstić information content (AvgIpc) is 3.13. The number of H-pyrrole nitrogens is 1. The van der Waals surface area contributed by atoms with E-state index < -0.39 is 0 Å². The maximum Gasteiger partial charge on any atom is 0.227 e. The van der Waals surface area contributed by atoms with Crippen molar-refractivity contribution in [2.24, 2.45) is 5.92 Å². The average molecular weight is 446 g/mol. The molecule has 1 fully saturated rings. The van der Waals surface area contributed by atoms with E-state index in [4.69, 9.17) is 4.98 Å². The Morgan fingerprint density at radius 2 is 1.97 bits per heavy atom. The van der Waals surface area contributed by atoms with Gasteiger partial charge in [0.25, 0.3) is 0 Å². The highest BCUT2D eigenvalue weighted by molar-refractivity contribution is 5.80. The minimum Gasteiger partial charge on any atom is -0.346 e. The summed E-state index contributed by atoms with van der Waals surface area (Å²) in [6, 6.07) is 12.5. The summed E-state index contributed by atoms with van der Waals surface area (Å²) >= 11 is 0. The first-order chi connectivity index (χ1) is 16.1. The van der Waals surface area contributed by atoms with Crippen molar-refractivity contribution < 1.29 is 4.79 Å². The SMILES string of the molecule is CCCN1CCN(Cc2nc(CC)[nH]c2C)C[C@H](Cc2ccccc2-c2cccnc2)C1=O. The third-order valence-corrected chi connectivity index (χ3v) is 6.52. The van der Waals surface area contributed by atoms with E-state index in [1.54, 1.807) is 6.20 Å². The van der Waals surface area contributed by atoms with Gasteiger partial charge in [-0.25, -0.2) is 4.98 Å². The van der Waals surface area contributed by atoms with Crippen LogP contribution in [0.4, 0.5) is 0 Å². The third kappa shape index (κ3) is 5.50. The van der Waals surface area contributed by atoms with Gasteiger partial charge in [-0.15, -0.1) is 0 Å². The van der Waals surface area contributed by atoms with E-state index in [1.807, 2.05) is 12.3 Å². The van der Waals surface area contributed by atoms with Crippen LogP contribution < -0.4 is 0 Å². The maximum absolute atomic E-state index is 13.6. The van der Waals surface area contributed by atoms with Crippen molar-refractivity contribution in [3.8, 4) is 11.1 Å². The number of nitrogens with one attached hydrogen (secondary N) is 1. The molecule has 1 atom stereocenters. The molecule has 3 aromatic rings. The summed E-state index contributed by atoms with van der Waals surface area (Å²) in [5, 5.41) is 0. The summed E-state index contributed by atoms with van der Waals surface area (Å²) in [7, 11) is 0. The van der Waals surface area contributed by atoms with Gasteiger partial charge < -0.3 is 9.88 Å². The number of hydrogen-bond acceptors (Lipinski definition) is 4. The van der Waals surface area contributed by atoms with E-state index in [-0.39, 0.29) is 11.8 Å². The second kappa shape index (κ2) is 10.8. The van der Waals surface area contributed by atoms with E-state index in [0.29, 0.717) is 0 Å². The molecule has 0 unspecified atom stereocenters. The molecule has 33 heavy (non-hydrogen) atoms. The van der Waals surface area contributed by atoms with Crippen LogP contribution in [-0.2, 0) is 24.2 Å². The number of aromatic amines is 1. The Morgan fingerprint density at radius 3 is 2.70 bits per heavy atom. The van der Waals surface area contributed by atoms with Crippen LogP contribution in [0, 0.1) is 12.8 Å². The number of aryl methyl sites for hydroxylation is 2. The number of nitrogens with zero attached hydrogens (tertiary/aromatic N) is 4. The van der Waals surface area contributed by atoms with Gasteiger partial charge in [-0.05, 0) is 37.0 Å². The molecule has 3 heterocycles. The Hall–Kier alpha value is -2.99. The molecule has 1 aromatic carbocycles. The van der Waals surface area contributed by atoms with Crippen LogP contribution in [-0.4, -0.2) is 56.8 Å². The van der Waals surface area contributed by atoms with Crippen LogP contribution in [0.3, 0.4) is 0 Å². The first kappa shape index (κ1) is 23.2. The standard InChI is InChI=1S/C27H35N5O/c1-4-13-32-15-14-31(19-25-20(3)29-26(5-2)30-25)18-23(27(32)33)16-21-9-6-7-11-24(21)22-10-8-12-28-17-22/h6-12,17,23H,4-5,13-16,18-19H2,1-3H3,(H,29,30)/t23-/m0/s1. The fourth-order valence-corrected chi connectivity index (χ4v) is 4.76. The van der Waals surface area contributed by atoms with Gasteiger partial charge in [0.2, 0.25) is 5.91 Å². The van der Waals surface area contributed by atoms with Gasteiger partial charge >= 0.3 is 0 Å². The van der Waals surface area contributed by atoms with Gasteiger partial charge in [0.1, 0.15) is 5.82 Å². The molecule has 1 aliphatic rings. The van der Waals surface area contributed by atoms with Crippen molar-refractivity contribution >= 4 is 5.91 Å². The molecule has 0 bridgehead atoms. The highest BCUT2D eigenvalue weighted by Gasteiger charge is 2.31. The lowest BCUT2D eigenvalue weighted by Crippen LogP contribution is -2.37. The summed E-state index contributed by atoms with van der Waals surface area (Å²) in [5.41, 5.74) is 5.68. The van der Waals surface area contributed by atoms with Crippen LogP contribution >= 0.6 is 0 Å². The smallest absolute Gasteiger partial charge is 0.227 e. The van der Waals surface area contributed by atoms with Crippen molar-refractivity contribution in [2.45, 2.75) is 46.6 Å². The molecule has 1 saturated heterocycles. The van der Waals surface area contributed by atoms with Gasteiger partial charge in [-0.3, -0.25) is 14.7 Å². The molecule has 6 nitrogen and oxygen atoms in total. The topological polar surface area (TPSA) is 65.1 Å². The summed E-state index contributed by atoms with van der Waals surface area (Å²) < 4.78 is 0. The molecule has 1 aliphatic heterocycles. The number of hydrogen-bond donors (Lipinski definition) is 1. The Kier molecular flexibility index (Phi) is 7.55. The lowest BCUT2D eigenvalue weighted by Gasteiger charge is -2.24. The zero-order valence-electron chi connectivity index (χ0n) is 20.1. The summed E-state index contributed by atoms with van der Waals surface area (Å²) in [4.78, 5) is 30.5. The fourth-order valence-electron chi connectivity index (χ4n) is 4.76. The van der Waals surface area contributed by atoms with Gasteiger partial charge in [0, 0.05) is 62.8 Å². The van der Waals surface area contributed by atoms with Crippen molar-refractivity contribution in [2.75, 3.05) is 26.2 Å². The van der Waals surface area contributed by atoms with Crippen molar-refractivity contribution in [3.63, 3.8) is 0 Å². The van der Waals surface area contributed by atoms with E-state index in [1.165, 1.54) is 5.56 Å². The van der Waals surface area contributed by atoms with Gasteiger partial charge in [-0.1, -0.05) is 44.2 Å². The highest BCUT2D eigenvalue weighted by Crippen LogP contribution is 2.27. The lowest BCUT2D eigenvalue weighted by molar-refractivity contribution is -0.134. The molecule has 1 N–H and O–H groups in total. The van der Waals surface area contributed by atoms with Crippen LogP contribution in [0.1, 0.15) is 43.0 Å². The number of aromatic nitrogens is 3. The molecule has 174 valence electrons. The first-order valence-electron chi connectivity index (χ1n) is 12.1. The molecule has 0 aliphatic carbocycles. The van der Waals surface area contributed by atoms with E-state index in [0.717, 1.165) is 80.3 Å². The minimum atomic E-state index is -0.0817. The number of benzene rings is 1. The number of carbonyl (C=O) groups is 1. The Bertz CT molecular complexity index is 1060. The van der Waals surface area contributed by atoms with Gasteiger partial charge in [0.15, 0.2) is 0 Å². The molecule has 0 spiro atoms. The van der Waals surface area contributed by atoms with Gasteiger partial charge in [0.05, 0.1) is 11.6 Å². The van der Waals surface area contributed by atoms with Crippen LogP contribution in [0.2, 0.25) is 0 Å². The Labute approximate surface area is 197 Å². The predicted molar refractivity (Wildman–Crippen MR) is 132 cm³/mol. The molecule has 4 rings (SSSR count). The second-order valence-electron chi connectivity index (χ2n) is 8.97. The summed E-state index contributed by atoms with van der Waals surface area (Å²) in [6.07, 6.45) is 6.29. The molecule has 0 radical (unpaired) electrons. The van der Waals surface area contributed by atoms with Crippen LogP contribution in [0.15, 0.2) is 48.8 Å². The predicted octanol–water partition coefficient (Wildman–Crippen LogP) is 4.26. The molecule has 2 aromatic heterocycles. The van der Waals surface area contributed by atoms with Crippen LogP contribution in [0.5, 0.6) is 0 Å². The first-order valence-corrected chi connectivity index (χ1v) is 12.1. The fraction of sp³-hybridized carbons (Fsp3) is 0.444. The number of pyridine rings is 1. The number of amides is 1. The van der Waals surface area contributed by atoms with Crippen molar-refractivity contribution in [1.29, 1.82) is 0 Å². The van der Waals surface area contributed by atoms with Crippen LogP contribution in [0.25, 0.3) is 11.1 Å². The minimum absolute atomic E-state index is 0.0817. The zero-order valence-corrected chi connectivity index (χ0v) is 20.1. The monoisotopic (exact) mass is 445 g/mol. The van der Waals surface area contributed by atoms with E-state index >= 15 is 0 Å². The molecule has 0 saturated carbocycles. The Morgan fingerprint density at radius 1 is 1.12 bits per heavy atom. The summed E-state index contributed by atoms with van der Waals surface area (Å²) in [6.45, 7) is 10.3. The quantitative estimate of drug-likeness (QED) is 0.563. The molecule has 6 heteroatoms. The Balaban J connectivity index is 1.59. The third-order valence-electron chi connectivity index (χ3n) is 6.52. The zero-order chi connectivity index (χ0) is 23.2. The molecule has 1 amide bonds. The lowest BCUT2D eigenvalue weighted by atomic mass is 9.91. The molecular formula is C27H35N5O. The van der Waals surface area contributed by atoms with E-state index in [9.17, 15) is 4.79 Å². The maximum atomic E-state index is 13.6. The van der Waals surface area contributed by atoms with Crippen molar-refractivity contribution in [1.82, 2.24) is 24.8 Å². The second-order valence-corrected chi connectivity index (χ2v) is 8.97. The normalized spacial score (nSPS) is 17.4. The van der Waals surface area contributed by atoms with E-state index in [2.05, 4.69) is 70.9 Å². The number of carbonyl (C=O) groups excluding carboxylic acids is 1. The molecular weight excluding hydrogens is 410 g/mol.